The second-order valence-electron chi connectivity index (χ2n) is 5.25. The maximum Gasteiger partial charge on any atom is 0.227 e. The van der Waals surface area contributed by atoms with Gasteiger partial charge < -0.3 is 13.9 Å². The van der Waals surface area contributed by atoms with Crippen LogP contribution in [-0.2, 0) is 0 Å². The number of hydrogen-bond donors (Lipinski definition) is 0. The van der Waals surface area contributed by atoms with Crippen molar-refractivity contribution in [2.24, 2.45) is 0 Å². The maximum atomic E-state index is 6.08. The number of ether oxygens (including phenoxy) is 2. The van der Waals surface area contributed by atoms with Crippen molar-refractivity contribution in [1.29, 1.82) is 0 Å². The Hall–Kier alpha value is -2.79. The van der Waals surface area contributed by atoms with Gasteiger partial charge in [-0.05, 0) is 41.8 Å². The monoisotopic (exact) mass is 337 g/mol. The van der Waals surface area contributed by atoms with Gasteiger partial charge >= 0.3 is 0 Å². The summed E-state index contributed by atoms with van der Waals surface area (Å²) >= 11 is 1.66. The van der Waals surface area contributed by atoms with Gasteiger partial charge in [0.25, 0.3) is 0 Å². The van der Waals surface area contributed by atoms with E-state index in [0.29, 0.717) is 5.89 Å². The average molecular weight is 337 g/mol. The molecule has 0 spiro atoms. The van der Waals surface area contributed by atoms with Crippen molar-refractivity contribution < 1.29 is 13.9 Å². The van der Waals surface area contributed by atoms with Crippen LogP contribution in [0.4, 0.5) is 0 Å². The second-order valence-corrected chi connectivity index (χ2v) is 6.20. The summed E-state index contributed by atoms with van der Waals surface area (Å²) in [6, 6.07) is 15.6. The lowest BCUT2D eigenvalue weighted by atomic mass is 10.1. The van der Waals surface area contributed by atoms with Crippen LogP contribution in [0, 0.1) is 0 Å². The molecule has 0 atom stereocenters. The van der Waals surface area contributed by atoms with E-state index in [-0.39, 0.29) is 0 Å². The van der Waals surface area contributed by atoms with Gasteiger partial charge in [-0.25, -0.2) is 4.98 Å². The summed E-state index contributed by atoms with van der Waals surface area (Å²) in [6.07, 6.45) is 0. The maximum absolute atomic E-state index is 6.08. The highest BCUT2D eigenvalue weighted by atomic mass is 32.1. The van der Waals surface area contributed by atoms with Gasteiger partial charge in [0, 0.05) is 22.1 Å². The molecule has 24 heavy (non-hydrogen) atoms. The SMILES string of the molecule is COc1ccc(-c2nc3cc(OC)cc(-c4cccs4)c3o2)cc1. The Morgan fingerprint density at radius 2 is 1.75 bits per heavy atom. The van der Waals surface area contributed by atoms with Gasteiger partial charge in [0.05, 0.1) is 14.2 Å². The van der Waals surface area contributed by atoms with Gasteiger partial charge in [-0.15, -0.1) is 11.3 Å². The third kappa shape index (κ3) is 2.53. The van der Waals surface area contributed by atoms with Crippen molar-refractivity contribution >= 4 is 22.4 Å². The van der Waals surface area contributed by atoms with Crippen LogP contribution in [0.2, 0.25) is 0 Å². The van der Waals surface area contributed by atoms with E-state index >= 15 is 0 Å². The molecule has 4 aromatic rings. The van der Waals surface area contributed by atoms with Gasteiger partial charge in [0.15, 0.2) is 5.58 Å². The molecular weight excluding hydrogens is 322 g/mol. The molecule has 0 saturated heterocycles. The fourth-order valence-electron chi connectivity index (χ4n) is 2.60. The van der Waals surface area contributed by atoms with Crippen LogP contribution in [0.15, 0.2) is 58.3 Å². The van der Waals surface area contributed by atoms with E-state index in [1.54, 1.807) is 25.6 Å². The highest BCUT2D eigenvalue weighted by Crippen LogP contribution is 2.37. The molecule has 4 rings (SSSR count). The molecule has 0 bridgehead atoms. The molecule has 0 unspecified atom stereocenters. The lowest BCUT2D eigenvalue weighted by Gasteiger charge is -2.03. The van der Waals surface area contributed by atoms with Gasteiger partial charge in [-0.1, -0.05) is 6.07 Å². The van der Waals surface area contributed by atoms with Crippen molar-refractivity contribution in [2.45, 2.75) is 0 Å². The number of benzene rings is 2. The number of aromatic nitrogens is 1. The zero-order valence-electron chi connectivity index (χ0n) is 13.3. The van der Waals surface area contributed by atoms with E-state index in [4.69, 9.17) is 13.9 Å². The fraction of sp³-hybridized carbons (Fsp3) is 0.105. The summed E-state index contributed by atoms with van der Waals surface area (Å²) < 4.78 is 16.7. The Morgan fingerprint density at radius 3 is 2.42 bits per heavy atom. The highest BCUT2D eigenvalue weighted by molar-refractivity contribution is 7.13. The molecule has 120 valence electrons. The first kappa shape index (κ1) is 14.8. The van der Waals surface area contributed by atoms with Crippen molar-refractivity contribution in [3.05, 3.63) is 53.9 Å². The topological polar surface area (TPSA) is 44.5 Å². The fourth-order valence-corrected chi connectivity index (χ4v) is 3.34. The summed E-state index contributed by atoms with van der Waals surface area (Å²) in [5, 5.41) is 2.04. The summed E-state index contributed by atoms with van der Waals surface area (Å²) in [6.45, 7) is 0. The minimum atomic E-state index is 0.582. The number of thiophene rings is 1. The summed E-state index contributed by atoms with van der Waals surface area (Å²) in [5.41, 5.74) is 3.45. The van der Waals surface area contributed by atoms with Gasteiger partial charge in [0.1, 0.15) is 17.0 Å². The van der Waals surface area contributed by atoms with E-state index in [9.17, 15) is 0 Å². The average Bonchev–Trinajstić information content (AvgIpc) is 3.30. The molecule has 0 fully saturated rings. The number of methoxy groups -OCH3 is 2. The van der Waals surface area contributed by atoms with Gasteiger partial charge in [-0.3, -0.25) is 0 Å². The van der Waals surface area contributed by atoms with Crippen LogP contribution < -0.4 is 9.47 Å². The van der Waals surface area contributed by atoms with Crippen LogP contribution in [-0.4, -0.2) is 19.2 Å². The smallest absolute Gasteiger partial charge is 0.227 e. The zero-order valence-corrected chi connectivity index (χ0v) is 14.1. The van der Waals surface area contributed by atoms with Crippen molar-refractivity contribution in [3.8, 4) is 33.4 Å². The Balaban J connectivity index is 1.89. The quantitative estimate of drug-likeness (QED) is 0.511. The van der Waals surface area contributed by atoms with Crippen LogP contribution in [0.1, 0.15) is 0 Å². The predicted octanol–water partition coefficient (Wildman–Crippen LogP) is 5.24. The minimum absolute atomic E-state index is 0.582. The van der Waals surface area contributed by atoms with E-state index in [1.807, 2.05) is 47.8 Å². The van der Waals surface area contributed by atoms with Gasteiger partial charge in [0.2, 0.25) is 5.89 Å². The van der Waals surface area contributed by atoms with E-state index in [2.05, 4.69) is 11.1 Å². The standard InChI is InChI=1S/C19H15NO3S/c1-21-13-7-5-12(6-8-13)19-20-16-11-14(22-2)10-15(18(16)23-19)17-4-3-9-24-17/h3-11H,1-2H3. The molecule has 0 aliphatic heterocycles. The molecule has 0 N–H and O–H groups in total. The normalized spacial score (nSPS) is 10.9. The number of hydrogen-bond acceptors (Lipinski definition) is 5. The number of oxazole rings is 1. The molecule has 0 aliphatic rings. The van der Waals surface area contributed by atoms with Gasteiger partial charge in [-0.2, -0.15) is 0 Å². The molecule has 2 aromatic carbocycles. The molecule has 2 aromatic heterocycles. The van der Waals surface area contributed by atoms with Crippen LogP contribution in [0.5, 0.6) is 11.5 Å². The Bertz CT molecular complexity index is 972. The van der Waals surface area contributed by atoms with Crippen molar-refractivity contribution in [1.82, 2.24) is 4.98 Å². The number of fused-ring (bicyclic) bond motifs is 1. The molecule has 0 amide bonds. The zero-order chi connectivity index (χ0) is 16.5. The molecular formula is C19H15NO3S. The van der Waals surface area contributed by atoms with E-state index < -0.39 is 0 Å². The van der Waals surface area contributed by atoms with Crippen LogP contribution >= 0.6 is 11.3 Å². The Kier molecular flexibility index (Phi) is 3.70. The Morgan fingerprint density at radius 1 is 0.958 bits per heavy atom. The van der Waals surface area contributed by atoms with Crippen LogP contribution in [0.3, 0.4) is 0 Å². The van der Waals surface area contributed by atoms with Crippen molar-refractivity contribution in [3.63, 3.8) is 0 Å². The molecule has 0 aliphatic carbocycles. The second kappa shape index (κ2) is 6.02. The highest BCUT2D eigenvalue weighted by Gasteiger charge is 2.15. The first-order valence-electron chi connectivity index (χ1n) is 7.45. The molecule has 4 nitrogen and oxygen atoms in total. The minimum Gasteiger partial charge on any atom is -0.497 e. The summed E-state index contributed by atoms with van der Waals surface area (Å²) in [4.78, 5) is 5.76. The largest absolute Gasteiger partial charge is 0.497 e. The number of nitrogens with zero attached hydrogens (tertiary/aromatic N) is 1. The first-order valence-corrected chi connectivity index (χ1v) is 8.33. The lowest BCUT2D eigenvalue weighted by Crippen LogP contribution is -1.84. The predicted molar refractivity (Wildman–Crippen MR) is 95.9 cm³/mol. The molecule has 0 radical (unpaired) electrons. The van der Waals surface area contributed by atoms with E-state index in [0.717, 1.165) is 38.6 Å². The third-order valence-corrected chi connectivity index (χ3v) is 4.73. The van der Waals surface area contributed by atoms with Crippen molar-refractivity contribution in [2.75, 3.05) is 14.2 Å². The van der Waals surface area contributed by atoms with Crippen LogP contribution in [0.25, 0.3) is 33.0 Å². The first-order chi connectivity index (χ1) is 11.8. The number of rotatable bonds is 4. The summed E-state index contributed by atoms with van der Waals surface area (Å²) in [7, 11) is 3.30. The Labute approximate surface area is 143 Å². The third-order valence-electron chi connectivity index (χ3n) is 3.82. The summed E-state index contributed by atoms with van der Waals surface area (Å²) in [5.74, 6) is 2.15. The molecule has 0 saturated carbocycles. The molecule has 5 heteroatoms. The van der Waals surface area contributed by atoms with E-state index in [1.165, 1.54) is 0 Å². The molecule has 2 heterocycles. The lowest BCUT2D eigenvalue weighted by molar-refractivity contribution is 0.415.